The van der Waals surface area contributed by atoms with Gasteiger partial charge in [-0.05, 0) is 35.4 Å². The van der Waals surface area contributed by atoms with Crippen LogP contribution in [-0.4, -0.2) is 11.4 Å². The standard InChI is InChI=1S/C18H16N2O/c1-14-16-7-3-2-6-15(16)9-10-17(14)18-8-4-5-12-20(18)13-11-19-21/h2-12H,13H2,1H3/p+1/b19-11+. The van der Waals surface area contributed by atoms with Gasteiger partial charge in [0, 0.05) is 17.7 Å². The predicted octanol–water partition coefficient (Wildman–Crippen LogP) is 3.56. The highest BCUT2D eigenvalue weighted by atomic mass is 16.4. The summed E-state index contributed by atoms with van der Waals surface area (Å²) in [6.45, 7) is 2.69. The molecule has 104 valence electrons. The zero-order valence-corrected chi connectivity index (χ0v) is 11.9. The van der Waals surface area contributed by atoms with Crippen molar-refractivity contribution in [2.45, 2.75) is 13.5 Å². The number of aryl methyl sites for hydroxylation is 1. The van der Waals surface area contributed by atoms with Gasteiger partial charge in [0.25, 0.3) is 0 Å². The Kier molecular flexibility index (Phi) is 3.65. The SMILES string of the molecule is Cc1c(-c2cccc[n+]2C/C=N/O)ccc2ccccc12. The van der Waals surface area contributed by atoms with Crippen LogP contribution in [0, 0.1) is 6.92 Å². The topological polar surface area (TPSA) is 36.5 Å². The fraction of sp³-hybridized carbons (Fsp3) is 0.111. The van der Waals surface area contributed by atoms with Gasteiger partial charge >= 0.3 is 0 Å². The third-order valence-corrected chi connectivity index (χ3v) is 3.77. The normalized spacial score (nSPS) is 11.3. The maximum absolute atomic E-state index is 8.64. The summed E-state index contributed by atoms with van der Waals surface area (Å²) in [5, 5.41) is 14.2. The zero-order chi connectivity index (χ0) is 14.7. The van der Waals surface area contributed by atoms with Crippen LogP contribution >= 0.6 is 0 Å². The van der Waals surface area contributed by atoms with Crippen molar-refractivity contribution < 1.29 is 9.77 Å². The second-order valence-electron chi connectivity index (χ2n) is 5.00. The zero-order valence-electron chi connectivity index (χ0n) is 11.9. The largest absolute Gasteiger partial charge is 0.411 e. The van der Waals surface area contributed by atoms with Crippen LogP contribution in [0.3, 0.4) is 0 Å². The number of hydrogen-bond donors (Lipinski definition) is 1. The third kappa shape index (κ3) is 2.50. The van der Waals surface area contributed by atoms with E-state index >= 15 is 0 Å². The summed E-state index contributed by atoms with van der Waals surface area (Å²) in [5.41, 5.74) is 3.57. The van der Waals surface area contributed by atoms with Crippen LogP contribution in [0.5, 0.6) is 0 Å². The van der Waals surface area contributed by atoms with Crippen molar-refractivity contribution in [2.24, 2.45) is 5.16 Å². The van der Waals surface area contributed by atoms with Gasteiger partial charge in [0.2, 0.25) is 5.69 Å². The molecule has 0 aliphatic carbocycles. The van der Waals surface area contributed by atoms with E-state index in [0.29, 0.717) is 6.54 Å². The number of benzene rings is 2. The fourth-order valence-corrected chi connectivity index (χ4v) is 2.71. The summed E-state index contributed by atoms with van der Waals surface area (Å²) in [5.74, 6) is 0. The lowest BCUT2D eigenvalue weighted by atomic mass is 9.97. The predicted molar refractivity (Wildman–Crippen MR) is 84.6 cm³/mol. The maximum atomic E-state index is 8.64. The van der Waals surface area contributed by atoms with Gasteiger partial charge in [0.05, 0.1) is 0 Å². The number of oxime groups is 1. The van der Waals surface area contributed by atoms with Gasteiger partial charge in [-0.15, -0.1) is 0 Å². The summed E-state index contributed by atoms with van der Waals surface area (Å²) in [4.78, 5) is 0. The molecule has 0 atom stereocenters. The molecule has 0 unspecified atom stereocenters. The molecule has 0 spiro atoms. The molecule has 3 heteroatoms. The van der Waals surface area contributed by atoms with Gasteiger partial charge in [-0.3, -0.25) is 0 Å². The minimum absolute atomic E-state index is 0.541. The maximum Gasteiger partial charge on any atom is 0.213 e. The number of nitrogens with zero attached hydrogens (tertiary/aromatic N) is 2. The van der Waals surface area contributed by atoms with Crippen LogP contribution in [0.4, 0.5) is 0 Å². The van der Waals surface area contributed by atoms with Gasteiger partial charge in [-0.2, -0.15) is 4.57 Å². The van der Waals surface area contributed by atoms with E-state index < -0.39 is 0 Å². The molecule has 2 aromatic carbocycles. The Balaban J connectivity index is 2.19. The highest BCUT2D eigenvalue weighted by Crippen LogP contribution is 2.27. The summed E-state index contributed by atoms with van der Waals surface area (Å²) in [6, 6.07) is 18.8. The van der Waals surface area contributed by atoms with E-state index in [-0.39, 0.29) is 0 Å². The lowest BCUT2D eigenvalue weighted by Gasteiger charge is -2.08. The highest BCUT2D eigenvalue weighted by molar-refractivity contribution is 5.90. The van der Waals surface area contributed by atoms with Crippen molar-refractivity contribution in [3.63, 3.8) is 0 Å². The van der Waals surface area contributed by atoms with Crippen molar-refractivity contribution in [3.05, 3.63) is 66.4 Å². The molecule has 3 rings (SSSR count). The smallest absolute Gasteiger partial charge is 0.213 e. The van der Waals surface area contributed by atoms with Gasteiger partial charge < -0.3 is 5.21 Å². The number of hydrogen-bond acceptors (Lipinski definition) is 2. The lowest BCUT2D eigenvalue weighted by molar-refractivity contribution is -0.670. The Labute approximate surface area is 123 Å². The summed E-state index contributed by atoms with van der Waals surface area (Å²) in [6.07, 6.45) is 3.48. The second kappa shape index (κ2) is 5.75. The van der Waals surface area contributed by atoms with E-state index in [1.54, 1.807) is 0 Å². The lowest BCUT2D eigenvalue weighted by Crippen LogP contribution is -2.36. The second-order valence-corrected chi connectivity index (χ2v) is 5.00. The molecule has 1 heterocycles. The average Bonchev–Trinajstić information content (AvgIpc) is 2.54. The van der Waals surface area contributed by atoms with Gasteiger partial charge in [-0.1, -0.05) is 35.5 Å². The molecule has 0 aliphatic heterocycles. The molecule has 0 bridgehead atoms. The first-order valence-electron chi connectivity index (χ1n) is 6.94. The Morgan fingerprint density at radius 3 is 2.71 bits per heavy atom. The van der Waals surface area contributed by atoms with Crippen LogP contribution in [0.2, 0.25) is 0 Å². The third-order valence-electron chi connectivity index (χ3n) is 3.77. The van der Waals surface area contributed by atoms with Gasteiger partial charge in [-0.25, -0.2) is 0 Å². The van der Waals surface area contributed by atoms with Crippen LogP contribution in [-0.2, 0) is 6.54 Å². The van der Waals surface area contributed by atoms with Crippen molar-refractivity contribution in [2.75, 3.05) is 0 Å². The van der Waals surface area contributed by atoms with E-state index in [4.69, 9.17) is 5.21 Å². The fourth-order valence-electron chi connectivity index (χ4n) is 2.71. The minimum Gasteiger partial charge on any atom is -0.411 e. The van der Waals surface area contributed by atoms with E-state index in [9.17, 15) is 0 Å². The molecule has 1 N–H and O–H groups in total. The van der Waals surface area contributed by atoms with E-state index in [0.717, 1.165) is 5.69 Å². The van der Waals surface area contributed by atoms with Gasteiger partial charge in [0.1, 0.15) is 6.21 Å². The summed E-state index contributed by atoms with van der Waals surface area (Å²) >= 11 is 0. The summed E-state index contributed by atoms with van der Waals surface area (Å²) < 4.78 is 2.07. The van der Waals surface area contributed by atoms with E-state index in [1.165, 1.54) is 28.1 Å². The molecule has 1 aromatic heterocycles. The molecule has 0 saturated carbocycles. The first kappa shape index (κ1) is 13.3. The van der Waals surface area contributed by atoms with Crippen molar-refractivity contribution in [3.8, 4) is 11.3 Å². The molecule has 0 amide bonds. The Hall–Kier alpha value is -2.68. The molecule has 3 nitrogen and oxygen atoms in total. The molecule has 21 heavy (non-hydrogen) atoms. The quantitative estimate of drug-likeness (QED) is 0.338. The molecule has 0 aliphatic rings. The molecular formula is C18H17N2O+. The first-order valence-corrected chi connectivity index (χ1v) is 6.94. The van der Waals surface area contributed by atoms with E-state index in [2.05, 4.69) is 59.1 Å². The Morgan fingerprint density at radius 2 is 1.86 bits per heavy atom. The van der Waals surface area contributed by atoms with Crippen molar-refractivity contribution >= 4 is 17.0 Å². The van der Waals surface area contributed by atoms with Crippen LogP contribution < -0.4 is 4.57 Å². The Bertz CT molecular complexity index is 809. The highest BCUT2D eigenvalue weighted by Gasteiger charge is 2.14. The minimum atomic E-state index is 0.541. The monoisotopic (exact) mass is 277 g/mol. The molecule has 0 radical (unpaired) electrons. The number of fused-ring (bicyclic) bond motifs is 1. The van der Waals surface area contributed by atoms with Crippen LogP contribution in [0.25, 0.3) is 22.0 Å². The summed E-state index contributed by atoms with van der Waals surface area (Å²) in [7, 11) is 0. The van der Waals surface area contributed by atoms with E-state index in [1.807, 2.05) is 18.3 Å². The number of pyridine rings is 1. The number of rotatable bonds is 3. The molecule has 3 aromatic rings. The van der Waals surface area contributed by atoms with Gasteiger partial charge in [0.15, 0.2) is 12.7 Å². The average molecular weight is 277 g/mol. The first-order chi connectivity index (χ1) is 10.3. The number of aromatic nitrogens is 1. The Morgan fingerprint density at radius 1 is 1.05 bits per heavy atom. The van der Waals surface area contributed by atoms with Crippen molar-refractivity contribution in [1.82, 2.24) is 0 Å². The molecule has 0 fully saturated rings. The van der Waals surface area contributed by atoms with Crippen molar-refractivity contribution in [1.29, 1.82) is 0 Å². The molecule has 0 saturated heterocycles. The van der Waals surface area contributed by atoms with Crippen LogP contribution in [0.1, 0.15) is 5.56 Å². The van der Waals surface area contributed by atoms with Crippen LogP contribution in [0.15, 0.2) is 65.9 Å². The molecular weight excluding hydrogens is 260 g/mol.